The van der Waals surface area contributed by atoms with Gasteiger partial charge in [-0.2, -0.15) is 11.8 Å². The fourth-order valence-corrected chi connectivity index (χ4v) is 3.39. The van der Waals surface area contributed by atoms with Crippen molar-refractivity contribution in [1.82, 2.24) is 10.6 Å². The Bertz CT molecular complexity index is 518. The van der Waals surface area contributed by atoms with E-state index in [-0.39, 0.29) is 18.0 Å². The lowest BCUT2D eigenvalue weighted by Gasteiger charge is -2.25. The van der Waals surface area contributed by atoms with Crippen molar-refractivity contribution in [3.8, 4) is 11.5 Å². The Morgan fingerprint density at radius 1 is 1.38 bits per heavy atom. The highest BCUT2D eigenvalue weighted by atomic mass is 32.2. The highest BCUT2D eigenvalue weighted by Crippen LogP contribution is 2.32. The van der Waals surface area contributed by atoms with Gasteiger partial charge in [-0.15, -0.1) is 0 Å². The smallest absolute Gasteiger partial charge is 0.238 e. The van der Waals surface area contributed by atoms with Crippen LogP contribution in [0.3, 0.4) is 0 Å². The molecule has 0 aliphatic carbocycles. The van der Waals surface area contributed by atoms with Crippen LogP contribution in [0.4, 0.5) is 0 Å². The summed E-state index contributed by atoms with van der Waals surface area (Å²) in [7, 11) is 0. The summed E-state index contributed by atoms with van der Waals surface area (Å²) in [5, 5.41) is 6.31. The van der Waals surface area contributed by atoms with Crippen LogP contribution in [0, 0.1) is 0 Å². The minimum Gasteiger partial charge on any atom is -0.486 e. The van der Waals surface area contributed by atoms with Gasteiger partial charge in [0.15, 0.2) is 11.5 Å². The molecule has 3 rings (SSSR count). The van der Waals surface area contributed by atoms with Crippen molar-refractivity contribution >= 4 is 17.7 Å². The molecule has 1 fully saturated rings. The van der Waals surface area contributed by atoms with Crippen LogP contribution < -0.4 is 20.1 Å². The Balaban J connectivity index is 1.64. The molecular weight excluding hydrogens is 288 g/mol. The molecule has 0 spiro atoms. The van der Waals surface area contributed by atoms with Crippen LogP contribution >= 0.6 is 11.8 Å². The molecule has 2 aliphatic rings. The van der Waals surface area contributed by atoms with Crippen LogP contribution in [-0.4, -0.2) is 43.2 Å². The van der Waals surface area contributed by atoms with Crippen molar-refractivity contribution in [3.05, 3.63) is 23.8 Å². The van der Waals surface area contributed by atoms with Gasteiger partial charge >= 0.3 is 0 Å². The standard InChI is InChI=1S/C15H20N2O3S/c1-10(17-15(18)12-9-21-7-4-16-12)11-2-3-13-14(8-11)20-6-5-19-13/h2-3,8,10,12,16H,4-7,9H2,1H3,(H,17,18). The third-order valence-electron chi connectivity index (χ3n) is 3.66. The molecule has 5 nitrogen and oxygen atoms in total. The molecule has 0 saturated carbocycles. The number of benzene rings is 1. The third kappa shape index (κ3) is 3.44. The molecule has 6 heteroatoms. The summed E-state index contributed by atoms with van der Waals surface area (Å²) in [4.78, 5) is 12.2. The number of ether oxygens (including phenoxy) is 2. The van der Waals surface area contributed by atoms with Gasteiger partial charge in [0.25, 0.3) is 0 Å². The number of rotatable bonds is 3. The molecule has 114 valence electrons. The summed E-state index contributed by atoms with van der Waals surface area (Å²) in [5.74, 6) is 3.49. The van der Waals surface area contributed by atoms with E-state index in [4.69, 9.17) is 9.47 Å². The second-order valence-electron chi connectivity index (χ2n) is 5.21. The molecule has 2 heterocycles. The molecule has 2 N–H and O–H groups in total. The first-order valence-corrected chi connectivity index (χ1v) is 8.40. The summed E-state index contributed by atoms with van der Waals surface area (Å²) in [6, 6.07) is 5.68. The number of thioether (sulfide) groups is 1. The SMILES string of the molecule is CC(NC(=O)C1CSCCN1)c1ccc2c(c1)OCCO2. The molecule has 0 aromatic heterocycles. The first-order chi connectivity index (χ1) is 10.2. The van der Waals surface area contributed by atoms with Gasteiger partial charge in [0.2, 0.25) is 5.91 Å². The molecule has 21 heavy (non-hydrogen) atoms. The number of hydrogen-bond acceptors (Lipinski definition) is 5. The van der Waals surface area contributed by atoms with E-state index in [0.29, 0.717) is 13.2 Å². The second-order valence-corrected chi connectivity index (χ2v) is 6.36. The van der Waals surface area contributed by atoms with Crippen LogP contribution in [-0.2, 0) is 4.79 Å². The number of nitrogens with one attached hydrogen (secondary N) is 2. The van der Waals surface area contributed by atoms with E-state index in [1.54, 1.807) is 0 Å². The average Bonchev–Trinajstić information content (AvgIpc) is 2.55. The van der Waals surface area contributed by atoms with E-state index < -0.39 is 0 Å². The summed E-state index contributed by atoms with van der Waals surface area (Å²) in [6.07, 6.45) is 0. The zero-order valence-corrected chi connectivity index (χ0v) is 12.9. The molecule has 2 aliphatic heterocycles. The van der Waals surface area contributed by atoms with Crippen molar-refractivity contribution in [3.63, 3.8) is 0 Å². The maximum atomic E-state index is 12.2. The normalized spacial score (nSPS) is 22.4. The van der Waals surface area contributed by atoms with Gasteiger partial charge in [-0.25, -0.2) is 0 Å². The lowest BCUT2D eigenvalue weighted by molar-refractivity contribution is -0.123. The molecule has 2 unspecified atom stereocenters. The van der Waals surface area contributed by atoms with Crippen LogP contribution in [0.15, 0.2) is 18.2 Å². The quantitative estimate of drug-likeness (QED) is 0.882. The zero-order valence-electron chi connectivity index (χ0n) is 12.1. The van der Waals surface area contributed by atoms with E-state index in [9.17, 15) is 4.79 Å². The van der Waals surface area contributed by atoms with Gasteiger partial charge in [0.1, 0.15) is 13.2 Å². The molecule has 2 atom stereocenters. The lowest BCUT2D eigenvalue weighted by Crippen LogP contribution is -2.49. The Morgan fingerprint density at radius 2 is 2.19 bits per heavy atom. The third-order valence-corrected chi connectivity index (χ3v) is 4.72. The molecule has 0 bridgehead atoms. The summed E-state index contributed by atoms with van der Waals surface area (Å²) in [6.45, 7) is 4.03. The van der Waals surface area contributed by atoms with Crippen molar-refractivity contribution < 1.29 is 14.3 Å². The van der Waals surface area contributed by atoms with E-state index in [2.05, 4.69) is 10.6 Å². The minimum absolute atomic E-state index is 0.0537. The van der Waals surface area contributed by atoms with Crippen molar-refractivity contribution in [2.75, 3.05) is 31.3 Å². The van der Waals surface area contributed by atoms with Gasteiger partial charge in [0, 0.05) is 18.1 Å². The van der Waals surface area contributed by atoms with Gasteiger partial charge in [-0.1, -0.05) is 6.07 Å². The number of fused-ring (bicyclic) bond motifs is 1. The molecule has 1 aromatic carbocycles. The van der Waals surface area contributed by atoms with Crippen LogP contribution in [0.5, 0.6) is 11.5 Å². The average molecular weight is 308 g/mol. The first-order valence-electron chi connectivity index (χ1n) is 7.25. The van der Waals surface area contributed by atoms with Crippen molar-refractivity contribution in [2.24, 2.45) is 0 Å². The lowest BCUT2D eigenvalue weighted by atomic mass is 10.1. The Morgan fingerprint density at radius 3 is 2.95 bits per heavy atom. The summed E-state index contributed by atoms with van der Waals surface area (Å²) >= 11 is 1.81. The van der Waals surface area contributed by atoms with Gasteiger partial charge < -0.3 is 20.1 Å². The molecule has 1 saturated heterocycles. The topological polar surface area (TPSA) is 59.6 Å². The second kappa shape index (κ2) is 6.58. The van der Waals surface area contributed by atoms with Crippen molar-refractivity contribution in [1.29, 1.82) is 0 Å². The van der Waals surface area contributed by atoms with Gasteiger partial charge in [0.05, 0.1) is 12.1 Å². The van der Waals surface area contributed by atoms with Crippen LogP contribution in [0.1, 0.15) is 18.5 Å². The Labute approximate surface area is 128 Å². The number of carbonyl (C=O) groups excluding carboxylic acids is 1. The van der Waals surface area contributed by atoms with E-state index >= 15 is 0 Å². The van der Waals surface area contributed by atoms with Gasteiger partial charge in [-0.05, 0) is 24.6 Å². The van der Waals surface area contributed by atoms with E-state index in [1.165, 1.54) is 0 Å². The summed E-state index contributed by atoms with van der Waals surface area (Å²) in [5.41, 5.74) is 1.02. The number of carbonyl (C=O) groups is 1. The maximum absolute atomic E-state index is 12.2. The van der Waals surface area contributed by atoms with Crippen LogP contribution in [0.25, 0.3) is 0 Å². The highest BCUT2D eigenvalue weighted by Gasteiger charge is 2.23. The minimum atomic E-state index is -0.0941. The Hall–Kier alpha value is -1.40. The fourth-order valence-electron chi connectivity index (χ4n) is 2.46. The molecular formula is C15H20N2O3S. The Kier molecular flexibility index (Phi) is 4.55. The monoisotopic (exact) mass is 308 g/mol. The predicted molar refractivity (Wildman–Crippen MR) is 83.1 cm³/mol. The number of hydrogen-bond donors (Lipinski definition) is 2. The molecule has 1 amide bonds. The van der Waals surface area contributed by atoms with E-state index in [0.717, 1.165) is 35.1 Å². The largest absolute Gasteiger partial charge is 0.486 e. The van der Waals surface area contributed by atoms with Crippen molar-refractivity contribution in [2.45, 2.75) is 19.0 Å². The first kappa shape index (κ1) is 14.5. The molecule has 0 radical (unpaired) electrons. The zero-order chi connectivity index (χ0) is 14.7. The highest BCUT2D eigenvalue weighted by molar-refractivity contribution is 7.99. The van der Waals surface area contributed by atoms with Crippen LogP contribution in [0.2, 0.25) is 0 Å². The maximum Gasteiger partial charge on any atom is 0.238 e. The number of amides is 1. The summed E-state index contributed by atoms with van der Waals surface area (Å²) < 4.78 is 11.1. The predicted octanol–water partition coefficient (Wildman–Crippen LogP) is 1.34. The fraction of sp³-hybridized carbons (Fsp3) is 0.533. The van der Waals surface area contributed by atoms with Gasteiger partial charge in [-0.3, -0.25) is 4.79 Å². The van der Waals surface area contributed by atoms with E-state index in [1.807, 2.05) is 36.9 Å². The molecule has 1 aromatic rings.